The van der Waals surface area contributed by atoms with Crippen LogP contribution in [0.25, 0.3) is 87.7 Å². The Morgan fingerprint density at radius 1 is 0.531 bits per heavy atom. The van der Waals surface area contributed by atoms with Gasteiger partial charge in [-0.3, -0.25) is 5.32 Å². The Morgan fingerprint density at radius 3 is 2.05 bits per heavy atom. The van der Waals surface area contributed by atoms with Gasteiger partial charge in [-0.1, -0.05) is 146 Å². The molecule has 9 aromatic carbocycles. The van der Waals surface area contributed by atoms with Gasteiger partial charge in [-0.15, -0.1) is 0 Å². The molecule has 2 N–H and O–H groups in total. The first-order chi connectivity index (χ1) is 31.7. The van der Waals surface area contributed by atoms with Gasteiger partial charge in [0.1, 0.15) is 29.3 Å². The van der Waals surface area contributed by atoms with E-state index in [1.54, 1.807) is 0 Å². The number of rotatable bonds is 6. The van der Waals surface area contributed by atoms with E-state index < -0.39 is 0 Å². The standard InChI is InChI=1S/C59H42N4O/c1-3-12-37(13-4-1)43-26-30-52-50(34-43)51-35-44(38-14-5-2-6-15-38)27-31-53(51)63(52)47-28-29-48-55(36-47)64-54-21-11-20-49(56(48)54)59-61-57(45-24-22-39-16-7-9-18-41(39)32-45)60-58(62-59)46-25-23-40-17-8-10-19-42(40)33-46/h1-5,7-14,16-36,57,59,61H,6,15H2,(H,60,62). The SMILES string of the molecule is C1=CCCC(c2ccc3c(c2)c2cc(-c4ccccc4)ccc2n3-c2ccc3c(c2)oc2cccc(C4NC(c5ccc6ccccc6c5)=NC(c5ccc6ccccc6c5)N4)c23)=C1. The highest BCUT2D eigenvalue weighted by Crippen LogP contribution is 2.41. The van der Waals surface area contributed by atoms with Crippen LogP contribution in [-0.2, 0) is 0 Å². The Balaban J connectivity index is 0.940. The summed E-state index contributed by atoms with van der Waals surface area (Å²) in [6.45, 7) is 0. The molecule has 13 rings (SSSR count). The molecule has 2 aliphatic rings. The number of amidine groups is 1. The van der Waals surface area contributed by atoms with Crippen LogP contribution >= 0.6 is 0 Å². The third-order valence-electron chi connectivity index (χ3n) is 13.3. The van der Waals surface area contributed by atoms with Crippen LogP contribution < -0.4 is 10.6 Å². The number of nitrogens with one attached hydrogen (secondary N) is 2. The van der Waals surface area contributed by atoms with Crippen molar-refractivity contribution in [1.82, 2.24) is 15.2 Å². The fourth-order valence-electron chi connectivity index (χ4n) is 10.1. The maximum atomic E-state index is 6.83. The lowest BCUT2D eigenvalue weighted by Gasteiger charge is -2.32. The molecule has 1 aliphatic carbocycles. The van der Waals surface area contributed by atoms with Crippen molar-refractivity contribution in [2.75, 3.05) is 0 Å². The van der Waals surface area contributed by atoms with Crippen LogP contribution in [0.2, 0.25) is 0 Å². The summed E-state index contributed by atoms with van der Waals surface area (Å²) in [6.07, 6.45) is 8.27. The molecule has 1 aliphatic heterocycles. The van der Waals surface area contributed by atoms with Gasteiger partial charge in [0.05, 0.1) is 11.0 Å². The number of hydrogen-bond acceptors (Lipinski definition) is 4. The molecule has 2 aromatic heterocycles. The number of aromatic nitrogens is 1. The van der Waals surface area contributed by atoms with Crippen molar-refractivity contribution >= 4 is 76.7 Å². The van der Waals surface area contributed by atoms with Crippen molar-refractivity contribution in [2.45, 2.75) is 25.2 Å². The quantitative estimate of drug-likeness (QED) is 0.176. The first-order valence-corrected chi connectivity index (χ1v) is 22.2. The summed E-state index contributed by atoms with van der Waals surface area (Å²) in [5, 5.41) is 17.2. The van der Waals surface area contributed by atoms with Gasteiger partial charge in [0, 0.05) is 44.4 Å². The first kappa shape index (κ1) is 36.6. The lowest BCUT2D eigenvalue weighted by molar-refractivity contribution is 0.411. The van der Waals surface area contributed by atoms with Crippen molar-refractivity contribution in [3.05, 3.63) is 229 Å². The van der Waals surface area contributed by atoms with Gasteiger partial charge in [-0.2, -0.15) is 0 Å². The normalized spacial score (nSPS) is 16.5. The second-order valence-corrected chi connectivity index (χ2v) is 17.1. The van der Waals surface area contributed by atoms with Gasteiger partial charge in [-0.25, -0.2) is 4.99 Å². The fraction of sp³-hybridized carbons (Fsp3) is 0.0678. The average molecular weight is 823 g/mol. The van der Waals surface area contributed by atoms with Crippen molar-refractivity contribution in [2.24, 2.45) is 4.99 Å². The molecule has 5 nitrogen and oxygen atoms in total. The minimum absolute atomic E-state index is 0.264. The highest BCUT2D eigenvalue weighted by atomic mass is 16.3. The maximum Gasteiger partial charge on any atom is 0.137 e. The molecule has 0 amide bonds. The van der Waals surface area contributed by atoms with Crippen LogP contribution in [0.4, 0.5) is 0 Å². The number of aliphatic imine (C=N–C) groups is 1. The predicted molar refractivity (Wildman–Crippen MR) is 266 cm³/mol. The molecule has 5 heteroatoms. The van der Waals surface area contributed by atoms with Crippen LogP contribution in [0.5, 0.6) is 0 Å². The lowest BCUT2D eigenvalue weighted by Crippen LogP contribution is -2.45. The van der Waals surface area contributed by atoms with Crippen molar-refractivity contribution < 1.29 is 4.42 Å². The maximum absolute atomic E-state index is 6.83. The summed E-state index contributed by atoms with van der Waals surface area (Å²) in [4.78, 5) is 5.35. The summed E-state index contributed by atoms with van der Waals surface area (Å²) >= 11 is 0. The molecule has 0 bridgehead atoms. The zero-order valence-electron chi connectivity index (χ0n) is 35.0. The molecular weight excluding hydrogens is 781 g/mol. The van der Waals surface area contributed by atoms with E-state index in [0.29, 0.717) is 0 Å². The van der Waals surface area contributed by atoms with E-state index in [1.165, 1.54) is 60.1 Å². The fourth-order valence-corrected chi connectivity index (χ4v) is 10.1. The number of nitrogens with zero attached hydrogens (tertiary/aromatic N) is 2. The van der Waals surface area contributed by atoms with Crippen LogP contribution in [0.3, 0.4) is 0 Å². The molecule has 0 fully saturated rings. The topological polar surface area (TPSA) is 54.5 Å². The van der Waals surface area contributed by atoms with E-state index >= 15 is 0 Å². The number of benzene rings is 9. The molecule has 0 radical (unpaired) electrons. The molecule has 11 aromatic rings. The van der Waals surface area contributed by atoms with Gasteiger partial charge >= 0.3 is 0 Å². The number of fused-ring (bicyclic) bond motifs is 8. The zero-order valence-corrected chi connectivity index (χ0v) is 35.0. The summed E-state index contributed by atoms with van der Waals surface area (Å²) < 4.78 is 9.23. The Labute approximate surface area is 370 Å². The van der Waals surface area contributed by atoms with Gasteiger partial charge in [0.2, 0.25) is 0 Å². The van der Waals surface area contributed by atoms with Gasteiger partial charge in [0.25, 0.3) is 0 Å². The molecule has 2 atom stereocenters. The van der Waals surface area contributed by atoms with Crippen molar-refractivity contribution in [3.63, 3.8) is 0 Å². The summed E-state index contributed by atoms with van der Waals surface area (Å²) in [5.41, 5.74) is 13.4. The van der Waals surface area contributed by atoms with Crippen LogP contribution in [0.15, 0.2) is 216 Å². The van der Waals surface area contributed by atoms with Crippen molar-refractivity contribution in [1.29, 1.82) is 0 Å². The average Bonchev–Trinajstić information content (AvgIpc) is 3.91. The van der Waals surface area contributed by atoms with E-state index in [4.69, 9.17) is 9.41 Å². The molecule has 3 heterocycles. The smallest absolute Gasteiger partial charge is 0.137 e. The zero-order chi connectivity index (χ0) is 42.1. The van der Waals surface area contributed by atoms with E-state index in [0.717, 1.165) is 68.5 Å². The minimum atomic E-state index is -0.290. The number of furan rings is 1. The molecule has 0 saturated heterocycles. The van der Waals surface area contributed by atoms with Crippen LogP contribution in [0, 0.1) is 0 Å². The summed E-state index contributed by atoms with van der Waals surface area (Å²) in [6, 6.07) is 67.9. The molecule has 304 valence electrons. The van der Waals surface area contributed by atoms with E-state index in [1.807, 2.05) is 0 Å². The second kappa shape index (κ2) is 14.8. The largest absolute Gasteiger partial charge is 0.456 e. The molecular formula is C59H42N4O. The minimum Gasteiger partial charge on any atom is -0.456 e. The van der Waals surface area contributed by atoms with Gasteiger partial charge in [-0.05, 0) is 117 Å². The number of allylic oxidation sites excluding steroid dienone is 4. The Morgan fingerprint density at radius 2 is 1.25 bits per heavy atom. The highest BCUT2D eigenvalue weighted by Gasteiger charge is 2.28. The molecule has 0 spiro atoms. The Hall–Kier alpha value is -7.99. The predicted octanol–water partition coefficient (Wildman–Crippen LogP) is 14.7. The van der Waals surface area contributed by atoms with Gasteiger partial charge in [0.15, 0.2) is 0 Å². The van der Waals surface area contributed by atoms with Crippen LogP contribution in [0.1, 0.15) is 47.4 Å². The summed E-state index contributed by atoms with van der Waals surface area (Å²) in [5.74, 6) is 0.848. The Bertz CT molecular complexity index is 3760. The van der Waals surface area contributed by atoms with Gasteiger partial charge < -0.3 is 14.3 Å². The third-order valence-corrected chi connectivity index (χ3v) is 13.3. The third kappa shape index (κ3) is 6.16. The number of hydrogen-bond donors (Lipinski definition) is 2. The summed E-state index contributed by atoms with van der Waals surface area (Å²) in [7, 11) is 0. The van der Waals surface area contributed by atoms with E-state index in [-0.39, 0.29) is 12.3 Å². The lowest BCUT2D eigenvalue weighted by atomic mass is 9.95. The first-order valence-electron chi connectivity index (χ1n) is 22.2. The monoisotopic (exact) mass is 822 g/mol. The van der Waals surface area contributed by atoms with E-state index in [9.17, 15) is 0 Å². The van der Waals surface area contributed by atoms with Crippen molar-refractivity contribution in [3.8, 4) is 16.8 Å². The molecule has 2 unspecified atom stereocenters. The molecule has 64 heavy (non-hydrogen) atoms. The molecule has 0 saturated carbocycles. The Kier molecular flexibility index (Phi) is 8.49. The second-order valence-electron chi connectivity index (χ2n) is 17.1. The van der Waals surface area contributed by atoms with E-state index in [2.05, 4.69) is 221 Å². The van der Waals surface area contributed by atoms with Crippen LogP contribution in [-0.4, -0.2) is 10.4 Å². The highest BCUT2D eigenvalue weighted by molar-refractivity contribution is 6.13.